The first-order valence-corrected chi connectivity index (χ1v) is 5.56. The molecule has 2 aliphatic rings. The molecule has 2 saturated heterocycles. The molecule has 0 spiro atoms. The molecule has 16 heavy (non-hydrogen) atoms. The largest absolute Gasteiger partial charge is 0.480 e. The summed E-state index contributed by atoms with van der Waals surface area (Å²) in [5.41, 5.74) is 0. The molecule has 1 atom stereocenters. The standard InChI is InChI=1S/C10H16N2O4/c13-9(14)8-2-1-3-12(8)10(15)11-4-6-16-7-5-11/h8H,1-7H2,(H,13,14). The Hall–Kier alpha value is -1.30. The highest BCUT2D eigenvalue weighted by Crippen LogP contribution is 2.19. The summed E-state index contributed by atoms with van der Waals surface area (Å²) in [4.78, 5) is 26.1. The normalized spacial score (nSPS) is 25.9. The van der Waals surface area contributed by atoms with Crippen LogP contribution in [0.25, 0.3) is 0 Å². The first-order chi connectivity index (χ1) is 7.70. The predicted octanol–water partition coefficient (Wildman–Crippen LogP) is -0.0124. The molecule has 0 aromatic heterocycles. The molecule has 2 heterocycles. The number of hydrogen-bond acceptors (Lipinski definition) is 3. The fraction of sp³-hybridized carbons (Fsp3) is 0.800. The highest BCUT2D eigenvalue weighted by Gasteiger charge is 2.36. The fourth-order valence-electron chi connectivity index (χ4n) is 2.19. The van der Waals surface area contributed by atoms with E-state index in [0.717, 1.165) is 6.42 Å². The van der Waals surface area contributed by atoms with Gasteiger partial charge in [0.2, 0.25) is 0 Å². The number of carboxylic acids is 1. The van der Waals surface area contributed by atoms with E-state index in [0.29, 0.717) is 39.3 Å². The van der Waals surface area contributed by atoms with Gasteiger partial charge in [0.25, 0.3) is 0 Å². The van der Waals surface area contributed by atoms with Gasteiger partial charge in [0.15, 0.2) is 0 Å². The van der Waals surface area contributed by atoms with Crippen LogP contribution in [0, 0.1) is 0 Å². The summed E-state index contributed by atoms with van der Waals surface area (Å²) in [5.74, 6) is -0.904. The van der Waals surface area contributed by atoms with E-state index in [1.54, 1.807) is 4.90 Å². The Kier molecular flexibility index (Phi) is 3.28. The Morgan fingerprint density at radius 2 is 1.88 bits per heavy atom. The highest BCUT2D eigenvalue weighted by molar-refractivity contribution is 5.83. The molecule has 6 heteroatoms. The maximum absolute atomic E-state index is 12.0. The number of morpholine rings is 1. The van der Waals surface area contributed by atoms with E-state index in [4.69, 9.17) is 9.84 Å². The number of amides is 2. The van der Waals surface area contributed by atoms with E-state index >= 15 is 0 Å². The lowest BCUT2D eigenvalue weighted by atomic mass is 10.2. The molecule has 0 aromatic carbocycles. The van der Waals surface area contributed by atoms with Gasteiger partial charge in [-0.05, 0) is 12.8 Å². The third kappa shape index (κ3) is 2.11. The molecular weight excluding hydrogens is 212 g/mol. The number of rotatable bonds is 1. The molecule has 6 nitrogen and oxygen atoms in total. The topological polar surface area (TPSA) is 70.1 Å². The average molecular weight is 228 g/mol. The van der Waals surface area contributed by atoms with Crippen molar-refractivity contribution in [3.05, 3.63) is 0 Å². The molecule has 0 bridgehead atoms. The minimum Gasteiger partial charge on any atom is -0.480 e. The zero-order valence-corrected chi connectivity index (χ0v) is 9.09. The second-order valence-corrected chi connectivity index (χ2v) is 4.07. The molecule has 0 radical (unpaired) electrons. The van der Waals surface area contributed by atoms with Crippen molar-refractivity contribution in [1.82, 2.24) is 9.80 Å². The number of likely N-dealkylation sites (tertiary alicyclic amines) is 1. The molecule has 2 rings (SSSR count). The Labute approximate surface area is 93.8 Å². The van der Waals surface area contributed by atoms with E-state index in [1.165, 1.54) is 4.90 Å². The van der Waals surface area contributed by atoms with Crippen LogP contribution < -0.4 is 0 Å². The van der Waals surface area contributed by atoms with Crippen LogP contribution in [0.3, 0.4) is 0 Å². The molecule has 1 unspecified atom stereocenters. The summed E-state index contributed by atoms with van der Waals surface area (Å²) in [6.45, 7) is 2.74. The first-order valence-electron chi connectivity index (χ1n) is 5.56. The minimum atomic E-state index is -0.904. The lowest BCUT2D eigenvalue weighted by Gasteiger charge is -2.32. The number of carbonyl (C=O) groups is 2. The Bertz CT molecular complexity index is 289. The van der Waals surface area contributed by atoms with Crippen molar-refractivity contribution < 1.29 is 19.4 Å². The highest BCUT2D eigenvalue weighted by atomic mass is 16.5. The number of ether oxygens (including phenoxy) is 1. The molecule has 2 fully saturated rings. The van der Waals surface area contributed by atoms with E-state index in [9.17, 15) is 9.59 Å². The van der Waals surface area contributed by atoms with Crippen molar-refractivity contribution in [2.45, 2.75) is 18.9 Å². The summed E-state index contributed by atoms with van der Waals surface area (Å²) >= 11 is 0. The summed E-state index contributed by atoms with van der Waals surface area (Å²) in [6.07, 6.45) is 1.33. The van der Waals surface area contributed by atoms with Crippen molar-refractivity contribution in [2.75, 3.05) is 32.8 Å². The van der Waals surface area contributed by atoms with Gasteiger partial charge in [-0.25, -0.2) is 9.59 Å². The maximum atomic E-state index is 12.0. The van der Waals surface area contributed by atoms with Gasteiger partial charge in [-0.15, -0.1) is 0 Å². The van der Waals surface area contributed by atoms with Crippen LogP contribution in [0.15, 0.2) is 0 Å². The molecule has 0 saturated carbocycles. The summed E-state index contributed by atoms with van der Waals surface area (Å²) in [7, 11) is 0. The molecule has 0 aromatic rings. The molecule has 2 aliphatic heterocycles. The summed E-state index contributed by atoms with van der Waals surface area (Å²) in [5, 5.41) is 8.99. The fourth-order valence-corrected chi connectivity index (χ4v) is 2.19. The van der Waals surface area contributed by atoms with Gasteiger partial charge in [0.05, 0.1) is 13.2 Å². The number of nitrogens with zero attached hydrogens (tertiary/aromatic N) is 2. The van der Waals surface area contributed by atoms with Crippen molar-refractivity contribution in [1.29, 1.82) is 0 Å². The van der Waals surface area contributed by atoms with Crippen LogP contribution in [0.5, 0.6) is 0 Å². The number of aliphatic carboxylic acids is 1. The van der Waals surface area contributed by atoms with Crippen LogP contribution in [0.4, 0.5) is 4.79 Å². The van der Waals surface area contributed by atoms with Crippen LogP contribution in [-0.4, -0.2) is 65.8 Å². The second-order valence-electron chi connectivity index (χ2n) is 4.07. The maximum Gasteiger partial charge on any atom is 0.326 e. The van der Waals surface area contributed by atoms with Crippen LogP contribution >= 0.6 is 0 Å². The van der Waals surface area contributed by atoms with Gasteiger partial charge in [-0.1, -0.05) is 0 Å². The molecule has 0 aliphatic carbocycles. The van der Waals surface area contributed by atoms with Crippen LogP contribution in [0.2, 0.25) is 0 Å². The van der Waals surface area contributed by atoms with E-state index in [1.807, 2.05) is 0 Å². The summed E-state index contributed by atoms with van der Waals surface area (Å²) < 4.78 is 5.16. The van der Waals surface area contributed by atoms with E-state index in [2.05, 4.69) is 0 Å². The third-order valence-electron chi connectivity index (χ3n) is 3.07. The van der Waals surface area contributed by atoms with Gasteiger partial charge in [-0.2, -0.15) is 0 Å². The Morgan fingerprint density at radius 3 is 2.50 bits per heavy atom. The number of hydrogen-bond donors (Lipinski definition) is 1. The monoisotopic (exact) mass is 228 g/mol. The van der Waals surface area contributed by atoms with Crippen molar-refractivity contribution in [2.24, 2.45) is 0 Å². The predicted molar refractivity (Wildman–Crippen MR) is 55.2 cm³/mol. The number of carbonyl (C=O) groups excluding carboxylic acids is 1. The molecular formula is C10H16N2O4. The second kappa shape index (κ2) is 4.69. The van der Waals surface area contributed by atoms with Crippen molar-refractivity contribution in [3.8, 4) is 0 Å². The number of carboxylic acid groups (broad SMARTS) is 1. The van der Waals surface area contributed by atoms with Gasteiger partial charge in [-0.3, -0.25) is 0 Å². The first kappa shape index (κ1) is 11.2. The van der Waals surface area contributed by atoms with Crippen molar-refractivity contribution >= 4 is 12.0 Å². The van der Waals surface area contributed by atoms with Gasteiger partial charge in [0.1, 0.15) is 6.04 Å². The molecule has 2 amide bonds. The van der Waals surface area contributed by atoms with E-state index in [-0.39, 0.29) is 6.03 Å². The van der Waals surface area contributed by atoms with Gasteiger partial charge in [0, 0.05) is 19.6 Å². The lowest BCUT2D eigenvalue weighted by Crippen LogP contribution is -2.51. The van der Waals surface area contributed by atoms with E-state index < -0.39 is 12.0 Å². The zero-order chi connectivity index (χ0) is 11.5. The number of urea groups is 1. The van der Waals surface area contributed by atoms with Crippen molar-refractivity contribution in [3.63, 3.8) is 0 Å². The quantitative estimate of drug-likeness (QED) is 0.685. The van der Waals surface area contributed by atoms with Gasteiger partial charge >= 0.3 is 12.0 Å². The third-order valence-corrected chi connectivity index (χ3v) is 3.07. The summed E-state index contributed by atoms with van der Waals surface area (Å²) in [6, 6.07) is -0.802. The van der Waals surface area contributed by atoms with Crippen LogP contribution in [0.1, 0.15) is 12.8 Å². The molecule has 90 valence electrons. The minimum absolute atomic E-state index is 0.159. The SMILES string of the molecule is O=C(O)C1CCCN1C(=O)N1CCOCC1. The Balaban J connectivity index is 1.99. The smallest absolute Gasteiger partial charge is 0.326 e. The molecule has 1 N–H and O–H groups in total. The van der Waals surface area contributed by atoms with Gasteiger partial charge < -0.3 is 19.6 Å². The Morgan fingerprint density at radius 1 is 1.19 bits per heavy atom. The average Bonchev–Trinajstić information content (AvgIpc) is 2.78. The van der Waals surface area contributed by atoms with Crippen LogP contribution in [-0.2, 0) is 9.53 Å². The lowest BCUT2D eigenvalue weighted by molar-refractivity contribution is -0.141. The zero-order valence-electron chi connectivity index (χ0n) is 9.09.